The summed E-state index contributed by atoms with van der Waals surface area (Å²) in [5.74, 6) is -0.991. The number of imidazole rings is 1. The van der Waals surface area contributed by atoms with Gasteiger partial charge in [0.05, 0.1) is 12.2 Å². The summed E-state index contributed by atoms with van der Waals surface area (Å²) in [6.07, 6.45) is 5.11. The van der Waals surface area contributed by atoms with Gasteiger partial charge in [0.25, 0.3) is 0 Å². The highest BCUT2D eigenvalue weighted by Gasteiger charge is 2.19. The summed E-state index contributed by atoms with van der Waals surface area (Å²) in [6.45, 7) is 2.55. The minimum absolute atomic E-state index is 0.181. The third-order valence-corrected chi connectivity index (χ3v) is 4.12. The van der Waals surface area contributed by atoms with Gasteiger partial charge in [-0.25, -0.2) is 14.6 Å². The molecule has 1 heterocycles. The second kappa shape index (κ2) is 8.81. The number of hydrogen-bond donors (Lipinski definition) is 1. The summed E-state index contributed by atoms with van der Waals surface area (Å²) in [4.78, 5) is 28.0. The minimum Gasteiger partial charge on any atom is -0.478 e. The van der Waals surface area contributed by atoms with Crippen LogP contribution in [0, 0.1) is 0 Å². The predicted molar refractivity (Wildman–Crippen MR) is 106 cm³/mol. The van der Waals surface area contributed by atoms with E-state index in [9.17, 15) is 9.59 Å². The van der Waals surface area contributed by atoms with E-state index in [1.54, 1.807) is 31.3 Å². The lowest BCUT2D eigenvalue weighted by molar-refractivity contribution is -0.136. The van der Waals surface area contributed by atoms with Crippen molar-refractivity contribution in [2.24, 2.45) is 0 Å². The number of ether oxygens (including phenoxy) is 1. The van der Waals surface area contributed by atoms with Crippen LogP contribution in [-0.2, 0) is 16.1 Å². The molecule has 0 aliphatic rings. The van der Waals surface area contributed by atoms with Gasteiger partial charge in [-0.15, -0.1) is 0 Å². The maximum Gasteiger partial charge on any atom is 0.341 e. The lowest BCUT2D eigenvalue weighted by atomic mass is 10.1. The minimum atomic E-state index is -1.00. The number of carboxylic acid groups (broad SMARTS) is 1. The predicted octanol–water partition coefficient (Wildman–Crippen LogP) is 3.73. The zero-order valence-electron chi connectivity index (χ0n) is 15.4. The van der Waals surface area contributed by atoms with Crippen LogP contribution in [0.1, 0.15) is 34.2 Å². The summed E-state index contributed by atoms with van der Waals surface area (Å²) < 4.78 is 7.09. The van der Waals surface area contributed by atoms with E-state index in [2.05, 4.69) is 4.98 Å². The Morgan fingerprint density at radius 2 is 1.82 bits per heavy atom. The molecule has 0 amide bonds. The first kappa shape index (κ1) is 19.1. The summed E-state index contributed by atoms with van der Waals surface area (Å²) >= 11 is 0. The van der Waals surface area contributed by atoms with E-state index in [4.69, 9.17) is 9.84 Å². The van der Waals surface area contributed by atoms with Crippen LogP contribution in [-0.4, -0.2) is 33.2 Å². The lowest BCUT2D eigenvalue weighted by Gasteiger charge is -2.11. The third kappa shape index (κ3) is 4.54. The van der Waals surface area contributed by atoms with E-state index in [-0.39, 0.29) is 12.2 Å². The van der Waals surface area contributed by atoms with Crippen molar-refractivity contribution in [1.82, 2.24) is 9.55 Å². The topological polar surface area (TPSA) is 81.4 Å². The molecule has 3 rings (SSSR count). The quantitative estimate of drug-likeness (QED) is 0.502. The van der Waals surface area contributed by atoms with Gasteiger partial charge in [0.1, 0.15) is 11.4 Å². The molecule has 0 fully saturated rings. The molecule has 1 N–H and O–H groups in total. The molecule has 28 heavy (non-hydrogen) atoms. The number of aromatic nitrogens is 2. The number of nitrogens with zero attached hydrogens (tertiary/aromatic N) is 2. The van der Waals surface area contributed by atoms with Crippen LogP contribution in [0.3, 0.4) is 0 Å². The molecule has 1 aromatic heterocycles. The summed E-state index contributed by atoms with van der Waals surface area (Å²) in [5.41, 5.74) is 2.25. The Labute approximate surface area is 162 Å². The van der Waals surface area contributed by atoms with E-state index in [0.29, 0.717) is 23.5 Å². The van der Waals surface area contributed by atoms with Crippen molar-refractivity contribution in [2.45, 2.75) is 13.5 Å². The number of aromatic carboxylic acids is 1. The number of carbonyl (C=O) groups is 2. The monoisotopic (exact) mass is 376 g/mol. The van der Waals surface area contributed by atoms with Crippen molar-refractivity contribution in [3.63, 3.8) is 0 Å². The zero-order chi connectivity index (χ0) is 19.9. The molecule has 6 nitrogen and oxygen atoms in total. The fraction of sp³-hybridized carbons (Fsp3) is 0.136. The molecule has 0 bridgehead atoms. The average Bonchev–Trinajstić information content (AvgIpc) is 3.15. The summed E-state index contributed by atoms with van der Waals surface area (Å²) in [7, 11) is 0. The lowest BCUT2D eigenvalue weighted by Crippen LogP contribution is -2.12. The Morgan fingerprint density at radius 3 is 2.46 bits per heavy atom. The van der Waals surface area contributed by atoms with Crippen LogP contribution in [0.4, 0.5) is 0 Å². The molecule has 0 radical (unpaired) electrons. The van der Waals surface area contributed by atoms with Gasteiger partial charge in [0, 0.05) is 18.9 Å². The number of esters is 1. The van der Waals surface area contributed by atoms with Gasteiger partial charge in [-0.2, -0.15) is 0 Å². The van der Waals surface area contributed by atoms with E-state index in [1.807, 2.05) is 41.1 Å². The van der Waals surface area contributed by atoms with Gasteiger partial charge < -0.3 is 14.4 Å². The molecule has 0 atom stereocenters. The van der Waals surface area contributed by atoms with E-state index in [0.717, 1.165) is 5.56 Å². The van der Waals surface area contributed by atoms with Crippen LogP contribution in [0.5, 0.6) is 0 Å². The Balaban J connectivity index is 1.98. The van der Waals surface area contributed by atoms with Gasteiger partial charge in [-0.3, -0.25) is 0 Å². The molecule has 0 unspecified atom stereocenters. The molecule has 0 aliphatic heterocycles. The highest BCUT2D eigenvalue weighted by molar-refractivity contribution is 6.20. The normalized spacial score (nSPS) is 11.2. The van der Waals surface area contributed by atoms with E-state index >= 15 is 0 Å². The molecular formula is C22H20N2O4. The SMILES string of the molecule is CCOC(=O)/C(=C\c1ccc(C(=O)O)cc1)c1nccn1Cc1ccccc1. The van der Waals surface area contributed by atoms with Crippen LogP contribution in [0.25, 0.3) is 11.6 Å². The first-order chi connectivity index (χ1) is 13.6. The molecule has 0 saturated carbocycles. The Hall–Kier alpha value is -3.67. The summed E-state index contributed by atoms with van der Waals surface area (Å²) in [6, 6.07) is 16.1. The summed E-state index contributed by atoms with van der Waals surface area (Å²) in [5, 5.41) is 9.04. The van der Waals surface area contributed by atoms with Crippen molar-refractivity contribution in [2.75, 3.05) is 6.61 Å². The highest BCUT2D eigenvalue weighted by atomic mass is 16.5. The van der Waals surface area contributed by atoms with Crippen molar-refractivity contribution in [3.8, 4) is 0 Å². The molecule has 142 valence electrons. The second-order valence-corrected chi connectivity index (χ2v) is 6.07. The fourth-order valence-corrected chi connectivity index (χ4v) is 2.77. The average molecular weight is 376 g/mol. The van der Waals surface area contributed by atoms with Crippen LogP contribution < -0.4 is 0 Å². The number of carboxylic acids is 1. The Bertz CT molecular complexity index is 989. The second-order valence-electron chi connectivity index (χ2n) is 6.07. The molecule has 3 aromatic rings. The number of benzene rings is 2. The van der Waals surface area contributed by atoms with E-state index in [1.165, 1.54) is 12.1 Å². The van der Waals surface area contributed by atoms with Crippen molar-refractivity contribution in [1.29, 1.82) is 0 Å². The third-order valence-electron chi connectivity index (χ3n) is 4.12. The molecule has 0 spiro atoms. The van der Waals surface area contributed by atoms with Gasteiger partial charge in [0.2, 0.25) is 0 Å². The molecule has 0 aliphatic carbocycles. The first-order valence-electron chi connectivity index (χ1n) is 8.86. The smallest absolute Gasteiger partial charge is 0.341 e. The Morgan fingerprint density at radius 1 is 1.11 bits per heavy atom. The molecule has 6 heteroatoms. The molecule has 2 aromatic carbocycles. The van der Waals surface area contributed by atoms with Gasteiger partial charge in [-0.1, -0.05) is 42.5 Å². The Kier molecular flexibility index (Phi) is 6.01. The van der Waals surface area contributed by atoms with Crippen LogP contribution >= 0.6 is 0 Å². The number of carbonyl (C=O) groups excluding carboxylic acids is 1. The van der Waals surface area contributed by atoms with E-state index < -0.39 is 11.9 Å². The molecule has 0 saturated heterocycles. The van der Waals surface area contributed by atoms with Crippen LogP contribution in [0.15, 0.2) is 67.0 Å². The number of hydrogen-bond acceptors (Lipinski definition) is 4. The van der Waals surface area contributed by atoms with Crippen LogP contribution in [0.2, 0.25) is 0 Å². The fourth-order valence-electron chi connectivity index (χ4n) is 2.77. The van der Waals surface area contributed by atoms with Gasteiger partial charge in [0.15, 0.2) is 0 Å². The highest BCUT2D eigenvalue weighted by Crippen LogP contribution is 2.20. The largest absolute Gasteiger partial charge is 0.478 e. The van der Waals surface area contributed by atoms with Gasteiger partial charge >= 0.3 is 11.9 Å². The number of rotatable bonds is 7. The van der Waals surface area contributed by atoms with Crippen molar-refractivity contribution >= 4 is 23.6 Å². The van der Waals surface area contributed by atoms with Crippen molar-refractivity contribution < 1.29 is 19.4 Å². The maximum atomic E-state index is 12.6. The maximum absolute atomic E-state index is 12.6. The van der Waals surface area contributed by atoms with Gasteiger partial charge in [-0.05, 0) is 36.3 Å². The van der Waals surface area contributed by atoms with Crippen molar-refractivity contribution in [3.05, 3.63) is 89.5 Å². The standard InChI is InChI=1S/C22H20N2O4/c1-2-28-22(27)19(14-16-8-10-18(11-9-16)21(25)26)20-23-12-13-24(20)15-17-6-4-3-5-7-17/h3-14H,2,15H2,1H3,(H,25,26)/b19-14-. The molecular weight excluding hydrogens is 356 g/mol. The zero-order valence-corrected chi connectivity index (χ0v) is 15.4. The first-order valence-corrected chi connectivity index (χ1v) is 8.86.